The van der Waals surface area contributed by atoms with Crippen LogP contribution < -0.4 is 4.90 Å². The van der Waals surface area contributed by atoms with E-state index in [1.54, 1.807) is 0 Å². The fraction of sp³-hybridized carbons (Fsp3) is 0.643. The SMILES string of the molecule is CCC(CC)CN(CC)c1ccc(Br)c(C)n1. The van der Waals surface area contributed by atoms with Crippen molar-refractivity contribution in [3.63, 3.8) is 0 Å². The third kappa shape index (κ3) is 3.98. The molecule has 0 bridgehead atoms. The molecular formula is C14H23BrN2. The second kappa shape index (κ2) is 7.00. The summed E-state index contributed by atoms with van der Waals surface area (Å²) >= 11 is 3.50. The van der Waals surface area contributed by atoms with Crippen LogP contribution in [0.15, 0.2) is 16.6 Å². The van der Waals surface area contributed by atoms with Gasteiger partial charge in [0.2, 0.25) is 0 Å². The Morgan fingerprint density at radius 3 is 2.35 bits per heavy atom. The number of rotatable bonds is 6. The fourth-order valence-corrected chi connectivity index (χ4v) is 2.17. The summed E-state index contributed by atoms with van der Waals surface area (Å²) in [5.74, 6) is 1.86. The van der Waals surface area contributed by atoms with E-state index in [-0.39, 0.29) is 0 Å². The van der Waals surface area contributed by atoms with Gasteiger partial charge in [-0.3, -0.25) is 0 Å². The highest BCUT2D eigenvalue weighted by Gasteiger charge is 2.12. The van der Waals surface area contributed by atoms with Crippen molar-refractivity contribution < 1.29 is 0 Å². The Bertz CT molecular complexity index is 348. The zero-order valence-corrected chi connectivity index (χ0v) is 12.9. The van der Waals surface area contributed by atoms with Crippen molar-refractivity contribution in [3.05, 3.63) is 22.3 Å². The van der Waals surface area contributed by atoms with Crippen LogP contribution in [0.3, 0.4) is 0 Å². The molecule has 1 aromatic heterocycles. The molecule has 0 radical (unpaired) electrons. The maximum atomic E-state index is 4.64. The smallest absolute Gasteiger partial charge is 0.128 e. The van der Waals surface area contributed by atoms with E-state index >= 15 is 0 Å². The van der Waals surface area contributed by atoms with E-state index in [1.807, 2.05) is 6.92 Å². The van der Waals surface area contributed by atoms with Crippen molar-refractivity contribution in [2.75, 3.05) is 18.0 Å². The highest BCUT2D eigenvalue weighted by Crippen LogP contribution is 2.21. The lowest BCUT2D eigenvalue weighted by Crippen LogP contribution is -2.29. The van der Waals surface area contributed by atoms with Gasteiger partial charge < -0.3 is 4.90 Å². The molecule has 0 spiro atoms. The van der Waals surface area contributed by atoms with Crippen LogP contribution >= 0.6 is 15.9 Å². The van der Waals surface area contributed by atoms with Crippen LogP contribution in [0.4, 0.5) is 5.82 Å². The Morgan fingerprint density at radius 1 is 1.24 bits per heavy atom. The van der Waals surface area contributed by atoms with Gasteiger partial charge in [-0.05, 0) is 47.8 Å². The molecular weight excluding hydrogens is 276 g/mol. The molecule has 1 heterocycles. The average molecular weight is 299 g/mol. The summed E-state index contributed by atoms with van der Waals surface area (Å²) in [4.78, 5) is 7.02. The summed E-state index contributed by atoms with van der Waals surface area (Å²) in [5.41, 5.74) is 1.06. The van der Waals surface area contributed by atoms with Gasteiger partial charge in [-0.2, -0.15) is 0 Å². The first kappa shape index (κ1) is 14.5. The summed E-state index contributed by atoms with van der Waals surface area (Å²) in [7, 11) is 0. The summed E-state index contributed by atoms with van der Waals surface area (Å²) in [6.45, 7) is 10.9. The van der Waals surface area contributed by atoms with Gasteiger partial charge in [0.25, 0.3) is 0 Å². The standard InChI is InChI=1S/C14H23BrN2/c1-5-12(6-2)10-17(7-3)14-9-8-13(15)11(4)16-14/h8-9,12H,5-7,10H2,1-4H3. The molecule has 0 N–H and O–H groups in total. The minimum absolute atomic E-state index is 0.765. The van der Waals surface area contributed by atoms with Crippen molar-refractivity contribution in [2.24, 2.45) is 5.92 Å². The zero-order chi connectivity index (χ0) is 12.8. The first-order valence-corrected chi connectivity index (χ1v) is 7.29. The van der Waals surface area contributed by atoms with E-state index in [4.69, 9.17) is 0 Å². The van der Waals surface area contributed by atoms with Crippen molar-refractivity contribution in [3.8, 4) is 0 Å². The number of pyridine rings is 1. The molecule has 96 valence electrons. The van der Waals surface area contributed by atoms with E-state index in [0.717, 1.165) is 35.0 Å². The molecule has 0 aliphatic heterocycles. The summed E-state index contributed by atoms with van der Waals surface area (Å²) in [6.07, 6.45) is 2.48. The number of aryl methyl sites for hydroxylation is 1. The van der Waals surface area contributed by atoms with Crippen LogP contribution in [0.2, 0.25) is 0 Å². The Hall–Kier alpha value is -0.570. The van der Waals surface area contributed by atoms with Crippen molar-refractivity contribution in [1.29, 1.82) is 0 Å². The van der Waals surface area contributed by atoms with Crippen LogP contribution in [-0.2, 0) is 0 Å². The van der Waals surface area contributed by atoms with Crippen LogP contribution in [0.1, 0.15) is 39.3 Å². The van der Waals surface area contributed by atoms with Gasteiger partial charge in [0.05, 0.1) is 5.69 Å². The summed E-state index contributed by atoms with van der Waals surface area (Å²) in [5, 5.41) is 0. The molecule has 0 aliphatic rings. The van der Waals surface area contributed by atoms with Crippen molar-refractivity contribution >= 4 is 21.7 Å². The Labute approximate surface area is 114 Å². The quantitative estimate of drug-likeness (QED) is 0.773. The highest BCUT2D eigenvalue weighted by molar-refractivity contribution is 9.10. The minimum Gasteiger partial charge on any atom is -0.357 e. The summed E-state index contributed by atoms with van der Waals surface area (Å²) < 4.78 is 1.08. The van der Waals surface area contributed by atoms with E-state index in [1.165, 1.54) is 12.8 Å². The second-order valence-electron chi connectivity index (χ2n) is 4.46. The number of hydrogen-bond donors (Lipinski definition) is 0. The molecule has 0 saturated carbocycles. The largest absolute Gasteiger partial charge is 0.357 e. The Morgan fingerprint density at radius 2 is 1.88 bits per heavy atom. The summed E-state index contributed by atoms with van der Waals surface area (Å²) in [6, 6.07) is 4.19. The Balaban J connectivity index is 2.82. The third-order valence-electron chi connectivity index (χ3n) is 3.35. The topological polar surface area (TPSA) is 16.1 Å². The van der Waals surface area contributed by atoms with Crippen LogP contribution in [0.25, 0.3) is 0 Å². The van der Waals surface area contributed by atoms with E-state index in [2.05, 4.69) is 58.7 Å². The first-order valence-electron chi connectivity index (χ1n) is 6.50. The van der Waals surface area contributed by atoms with Crippen molar-refractivity contribution in [1.82, 2.24) is 4.98 Å². The second-order valence-corrected chi connectivity index (χ2v) is 5.31. The van der Waals surface area contributed by atoms with Gasteiger partial charge in [0, 0.05) is 17.6 Å². The predicted molar refractivity (Wildman–Crippen MR) is 78.6 cm³/mol. The van der Waals surface area contributed by atoms with E-state index in [9.17, 15) is 0 Å². The molecule has 1 rings (SSSR count). The molecule has 0 fully saturated rings. The van der Waals surface area contributed by atoms with Gasteiger partial charge in [0.1, 0.15) is 5.82 Å². The molecule has 17 heavy (non-hydrogen) atoms. The van der Waals surface area contributed by atoms with Crippen LogP contribution in [0, 0.1) is 12.8 Å². The fourth-order valence-electron chi connectivity index (χ4n) is 1.95. The van der Waals surface area contributed by atoms with Crippen LogP contribution in [0.5, 0.6) is 0 Å². The van der Waals surface area contributed by atoms with E-state index in [0.29, 0.717) is 0 Å². The number of nitrogens with zero attached hydrogens (tertiary/aromatic N) is 2. The highest BCUT2D eigenvalue weighted by atomic mass is 79.9. The first-order chi connectivity index (χ1) is 8.12. The lowest BCUT2D eigenvalue weighted by molar-refractivity contribution is 0.484. The lowest BCUT2D eigenvalue weighted by Gasteiger charge is -2.26. The van der Waals surface area contributed by atoms with E-state index < -0.39 is 0 Å². The number of halogens is 1. The number of hydrogen-bond acceptors (Lipinski definition) is 2. The molecule has 3 heteroatoms. The molecule has 0 aliphatic carbocycles. The van der Waals surface area contributed by atoms with Gasteiger partial charge in [-0.1, -0.05) is 26.7 Å². The van der Waals surface area contributed by atoms with Gasteiger partial charge in [-0.15, -0.1) is 0 Å². The van der Waals surface area contributed by atoms with Crippen molar-refractivity contribution in [2.45, 2.75) is 40.5 Å². The molecule has 0 amide bonds. The monoisotopic (exact) mass is 298 g/mol. The molecule has 2 nitrogen and oxygen atoms in total. The molecule has 0 aromatic carbocycles. The van der Waals surface area contributed by atoms with Gasteiger partial charge in [-0.25, -0.2) is 4.98 Å². The normalized spacial score (nSPS) is 10.9. The predicted octanol–water partition coefficient (Wildman–Crippen LogP) is 4.42. The van der Waals surface area contributed by atoms with Gasteiger partial charge in [0.15, 0.2) is 0 Å². The Kier molecular flexibility index (Phi) is 5.96. The molecule has 0 saturated heterocycles. The molecule has 0 unspecified atom stereocenters. The number of anilines is 1. The molecule has 1 aromatic rings. The van der Waals surface area contributed by atoms with Crippen LogP contribution in [-0.4, -0.2) is 18.1 Å². The molecule has 0 atom stereocenters. The zero-order valence-electron chi connectivity index (χ0n) is 11.3. The maximum Gasteiger partial charge on any atom is 0.128 e. The lowest BCUT2D eigenvalue weighted by atomic mass is 10.0. The maximum absolute atomic E-state index is 4.64. The minimum atomic E-state index is 0.765. The number of aromatic nitrogens is 1. The van der Waals surface area contributed by atoms with Gasteiger partial charge >= 0.3 is 0 Å². The average Bonchev–Trinajstić information content (AvgIpc) is 2.35. The third-order valence-corrected chi connectivity index (χ3v) is 4.18.